The Morgan fingerprint density at radius 2 is 1.94 bits per heavy atom. The molecule has 0 aliphatic carbocycles. The average Bonchev–Trinajstić information content (AvgIpc) is 2.80. The van der Waals surface area contributed by atoms with E-state index >= 15 is 0 Å². The van der Waals surface area contributed by atoms with Crippen LogP contribution in [0.2, 0.25) is 0 Å². The predicted octanol–water partition coefficient (Wildman–Crippen LogP) is 0.666. The van der Waals surface area contributed by atoms with Crippen molar-refractivity contribution >= 4 is 27.5 Å². The van der Waals surface area contributed by atoms with E-state index in [9.17, 15) is 18.5 Å². The summed E-state index contributed by atoms with van der Waals surface area (Å²) in [7, 11) is -2.16. The molecular weight excluding hydrogens is 422 g/mol. The van der Waals surface area contributed by atoms with Gasteiger partial charge in [-0.05, 0) is 18.2 Å². The van der Waals surface area contributed by atoms with E-state index in [0.717, 1.165) is 38.1 Å². The molecule has 1 fully saturated rings. The summed E-state index contributed by atoms with van der Waals surface area (Å²) in [5.41, 5.74) is -0.272. The fourth-order valence-corrected chi connectivity index (χ4v) is 4.30. The van der Waals surface area contributed by atoms with Crippen LogP contribution >= 0.6 is 0 Å². The number of nitrogens with one attached hydrogen (secondary N) is 2. The molecule has 2 heterocycles. The zero-order valence-electron chi connectivity index (χ0n) is 17.1. The number of sulfonamides is 1. The predicted molar refractivity (Wildman–Crippen MR) is 118 cm³/mol. The van der Waals surface area contributed by atoms with Crippen molar-refractivity contribution in [2.45, 2.75) is 4.90 Å². The van der Waals surface area contributed by atoms with Crippen LogP contribution < -0.4 is 14.9 Å². The first-order valence-electron chi connectivity index (χ1n) is 9.76. The third-order valence-electron chi connectivity index (χ3n) is 4.80. The SMILES string of the molecule is CN=C(NCCNS(=O)(=O)c1cccc([N+](=O)[O-])c1)N1CCN(c2ccccn2)CC1. The van der Waals surface area contributed by atoms with Gasteiger partial charge in [0.15, 0.2) is 5.96 Å². The summed E-state index contributed by atoms with van der Waals surface area (Å²) in [5.74, 6) is 1.64. The average molecular weight is 448 g/mol. The lowest BCUT2D eigenvalue weighted by atomic mass is 10.3. The summed E-state index contributed by atoms with van der Waals surface area (Å²) in [4.78, 5) is 23.1. The normalized spacial score (nSPS) is 15.1. The van der Waals surface area contributed by atoms with E-state index in [-0.39, 0.29) is 17.1 Å². The van der Waals surface area contributed by atoms with Gasteiger partial charge in [-0.1, -0.05) is 12.1 Å². The van der Waals surface area contributed by atoms with Crippen molar-refractivity contribution in [3.8, 4) is 0 Å². The summed E-state index contributed by atoms with van der Waals surface area (Å²) in [6, 6.07) is 10.8. The standard InChI is InChI=1S/C19H25N7O4S/c1-20-19(25-13-11-24(12-14-25)18-7-2-3-8-21-18)22-9-10-23-31(29,30)17-6-4-5-16(15-17)26(27)28/h2-8,15,23H,9-14H2,1H3,(H,20,22). The number of nitro benzene ring substituents is 1. The summed E-state index contributed by atoms with van der Waals surface area (Å²) in [5, 5.41) is 14.0. The van der Waals surface area contributed by atoms with Crippen molar-refractivity contribution in [2.24, 2.45) is 4.99 Å². The fraction of sp³-hybridized carbons (Fsp3) is 0.368. The molecule has 0 spiro atoms. The summed E-state index contributed by atoms with van der Waals surface area (Å²) in [6.45, 7) is 3.55. The molecule has 166 valence electrons. The van der Waals surface area contributed by atoms with Crippen molar-refractivity contribution in [3.05, 3.63) is 58.8 Å². The summed E-state index contributed by atoms with van der Waals surface area (Å²) < 4.78 is 27.2. The van der Waals surface area contributed by atoms with Crippen LogP contribution in [0.15, 0.2) is 58.5 Å². The topological polar surface area (TPSA) is 133 Å². The molecule has 1 aliphatic rings. The molecule has 0 atom stereocenters. The van der Waals surface area contributed by atoms with Crippen LogP contribution in [0.5, 0.6) is 0 Å². The Balaban J connectivity index is 1.47. The highest BCUT2D eigenvalue weighted by molar-refractivity contribution is 7.89. The minimum Gasteiger partial charge on any atom is -0.355 e. The molecule has 1 aromatic heterocycles. The second kappa shape index (κ2) is 10.2. The van der Waals surface area contributed by atoms with E-state index in [1.54, 1.807) is 13.2 Å². The van der Waals surface area contributed by atoms with Crippen LogP contribution in [-0.2, 0) is 10.0 Å². The number of non-ortho nitro benzene ring substituents is 1. The Labute approximate surface area is 181 Å². The maximum absolute atomic E-state index is 12.4. The monoisotopic (exact) mass is 447 g/mol. The number of nitro groups is 1. The van der Waals surface area contributed by atoms with Gasteiger partial charge >= 0.3 is 0 Å². The van der Waals surface area contributed by atoms with Gasteiger partial charge in [-0.3, -0.25) is 15.1 Å². The maximum Gasteiger partial charge on any atom is 0.270 e. The van der Waals surface area contributed by atoms with Crippen LogP contribution in [0.4, 0.5) is 11.5 Å². The Hall–Kier alpha value is -3.25. The first-order chi connectivity index (χ1) is 14.9. The Morgan fingerprint density at radius 1 is 1.16 bits per heavy atom. The molecule has 1 saturated heterocycles. The van der Waals surface area contributed by atoms with E-state index in [2.05, 4.69) is 29.8 Å². The molecule has 0 unspecified atom stereocenters. The number of hydrogen-bond donors (Lipinski definition) is 2. The van der Waals surface area contributed by atoms with Gasteiger partial charge in [-0.25, -0.2) is 18.1 Å². The lowest BCUT2D eigenvalue weighted by molar-refractivity contribution is -0.385. The first-order valence-corrected chi connectivity index (χ1v) is 11.2. The minimum atomic E-state index is -3.85. The number of guanidine groups is 1. The number of hydrogen-bond acceptors (Lipinski definition) is 7. The number of aromatic nitrogens is 1. The van der Waals surface area contributed by atoms with Crippen molar-refractivity contribution in [1.82, 2.24) is 19.9 Å². The number of rotatable bonds is 7. The zero-order chi connectivity index (χ0) is 22.3. The van der Waals surface area contributed by atoms with Crippen molar-refractivity contribution < 1.29 is 13.3 Å². The third kappa shape index (κ3) is 5.89. The van der Waals surface area contributed by atoms with Gasteiger partial charge in [0.05, 0.1) is 9.82 Å². The van der Waals surface area contributed by atoms with E-state index in [1.807, 2.05) is 18.2 Å². The molecule has 0 radical (unpaired) electrons. The number of benzene rings is 1. The van der Waals surface area contributed by atoms with E-state index in [1.165, 1.54) is 18.2 Å². The summed E-state index contributed by atoms with van der Waals surface area (Å²) >= 11 is 0. The highest BCUT2D eigenvalue weighted by atomic mass is 32.2. The van der Waals surface area contributed by atoms with Crippen LogP contribution in [0.1, 0.15) is 0 Å². The number of pyridine rings is 1. The molecule has 0 bridgehead atoms. The van der Waals surface area contributed by atoms with Crippen molar-refractivity contribution in [3.63, 3.8) is 0 Å². The van der Waals surface area contributed by atoms with Crippen LogP contribution in [0.25, 0.3) is 0 Å². The van der Waals surface area contributed by atoms with Crippen LogP contribution in [0.3, 0.4) is 0 Å². The van der Waals surface area contributed by atoms with Crippen molar-refractivity contribution in [2.75, 3.05) is 51.2 Å². The molecule has 0 amide bonds. The van der Waals surface area contributed by atoms with Crippen molar-refractivity contribution in [1.29, 1.82) is 0 Å². The fourth-order valence-electron chi connectivity index (χ4n) is 3.23. The molecule has 2 aromatic rings. The molecule has 1 aromatic carbocycles. The second-order valence-electron chi connectivity index (χ2n) is 6.79. The minimum absolute atomic E-state index is 0.109. The highest BCUT2D eigenvalue weighted by Gasteiger charge is 2.21. The number of piperazine rings is 1. The molecule has 11 nitrogen and oxygen atoms in total. The molecule has 31 heavy (non-hydrogen) atoms. The van der Waals surface area contributed by atoms with Gasteiger partial charge in [0.1, 0.15) is 5.82 Å². The summed E-state index contributed by atoms with van der Waals surface area (Å²) in [6.07, 6.45) is 1.77. The maximum atomic E-state index is 12.4. The largest absolute Gasteiger partial charge is 0.355 e. The molecule has 3 rings (SSSR count). The lowest BCUT2D eigenvalue weighted by Gasteiger charge is -2.37. The Bertz CT molecular complexity index is 1020. The third-order valence-corrected chi connectivity index (χ3v) is 6.26. The molecule has 2 N–H and O–H groups in total. The number of anilines is 1. The Morgan fingerprint density at radius 3 is 2.58 bits per heavy atom. The van der Waals surface area contributed by atoms with Gasteiger partial charge in [-0.2, -0.15) is 0 Å². The van der Waals surface area contributed by atoms with E-state index in [4.69, 9.17) is 0 Å². The number of nitrogens with zero attached hydrogens (tertiary/aromatic N) is 5. The molecular formula is C19H25N7O4S. The van der Waals surface area contributed by atoms with Gasteiger partial charge in [0.25, 0.3) is 5.69 Å². The quantitative estimate of drug-likeness (QED) is 0.208. The van der Waals surface area contributed by atoms with E-state index in [0.29, 0.717) is 12.5 Å². The smallest absolute Gasteiger partial charge is 0.270 e. The van der Waals surface area contributed by atoms with Gasteiger partial charge < -0.3 is 15.1 Å². The van der Waals surface area contributed by atoms with Crippen LogP contribution in [-0.4, -0.2) is 75.5 Å². The van der Waals surface area contributed by atoms with Gasteiger partial charge in [0.2, 0.25) is 10.0 Å². The zero-order valence-corrected chi connectivity index (χ0v) is 18.0. The lowest BCUT2D eigenvalue weighted by Crippen LogP contribution is -2.53. The molecule has 12 heteroatoms. The Kier molecular flexibility index (Phi) is 7.36. The second-order valence-corrected chi connectivity index (χ2v) is 8.56. The molecule has 1 aliphatic heterocycles. The number of aliphatic imine (C=N–C) groups is 1. The van der Waals surface area contributed by atoms with Gasteiger partial charge in [0, 0.05) is 64.6 Å². The highest BCUT2D eigenvalue weighted by Crippen LogP contribution is 2.17. The first kappa shape index (κ1) is 22.4. The molecule has 0 saturated carbocycles. The van der Waals surface area contributed by atoms with Crippen LogP contribution in [0, 0.1) is 10.1 Å². The van der Waals surface area contributed by atoms with E-state index < -0.39 is 14.9 Å². The van der Waals surface area contributed by atoms with Gasteiger partial charge in [-0.15, -0.1) is 0 Å².